The molecule has 5 heteroatoms. The number of nitrogens with zero attached hydrogens (tertiary/aromatic N) is 1. The summed E-state index contributed by atoms with van der Waals surface area (Å²) in [6.07, 6.45) is 1.08. The first-order chi connectivity index (χ1) is 10.2. The molecule has 0 spiro atoms. The van der Waals surface area contributed by atoms with Crippen LogP contribution in [0.25, 0.3) is 11.0 Å². The molecular weight excluding hydrogens is 305 g/mol. The number of benzene rings is 2. The van der Waals surface area contributed by atoms with Crippen LogP contribution >= 0.6 is 23.2 Å². The van der Waals surface area contributed by atoms with Crippen LogP contribution in [0.2, 0.25) is 10.0 Å². The smallest absolute Gasteiger partial charge is 0.201 e. The highest BCUT2D eigenvalue weighted by Crippen LogP contribution is 2.44. The third-order valence-corrected chi connectivity index (χ3v) is 4.61. The van der Waals surface area contributed by atoms with Crippen LogP contribution in [-0.4, -0.2) is 16.0 Å². The number of hydrogen-bond acceptors (Lipinski definition) is 2. The number of anilines is 1. The van der Waals surface area contributed by atoms with E-state index >= 15 is 0 Å². The number of para-hydroxylation sites is 2. The van der Waals surface area contributed by atoms with Gasteiger partial charge in [-0.3, -0.25) is 0 Å². The van der Waals surface area contributed by atoms with E-state index in [9.17, 15) is 0 Å². The van der Waals surface area contributed by atoms with Gasteiger partial charge in [0.1, 0.15) is 0 Å². The van der Waals surface area contributed by atoms with Crippen LogP contribution in [0.3, 0.4) is 0 Å². The topological polar surface area (TPSA) is 40.7 Å². The van der Waals surface area contributed by atoms with Crippen LogP contribution in [0.5, 0.6) is 0 Å². The fraction of sp³-hybridized carbons (Fsp3) is 0.188. The number of aromatic nitrogens is 2. The predicted molar refractivity (Wildman–Crippen MR) is 87.3 cm³/mol. The van der Waals surface area contributed by atoms with Gasteiger partial charge in [-0.1, -0.05) is 41.4 Å². The van der Waals surface area contributed by atoms with Crippen molar-refractivity contribution < 1.29 is 0 Å². The fourth-order valence-corrected chi connectivity index (χ4v) is 2.97. The van der Waals surface area contributed by atoms with Crippen molar-refractivity contribution in [3.05, 3.63) is 58.1 Å². The lowest BCUT2D eigenvalue weighted by molar-refractivity contribution is 1.02. The number of H-pyrrole nitrogens is 1. The summed E-state index contributed by atoms with van der Waals surface area (Å²) in [5, 5.41) is 4.66. The summed E-state index contributed by atoms with van der Waals surface area (Å²) in [4.78, 5) is 7.83. The van der Waals surface area contributed by atoms with Crippen LogP contribution in [0.4, 0.5) is 5.95 Å². The van der Waals surface area contributed by atoms with Crippen LogP contribution in [0, 0.1) is 0 Å². The fourth-order valence-electron chi connectivity index (χ4n) is 2.66. The van der Waals surface area contributed by atoms with E-state index in [2.05, 4.69) is 15.3 Å². The van der Waals surface area contributed by atoms with E-state index in [-0.39, 0.29) is 0 Å². The van der Waals surface area contributed by atoms with E-state index in [1.807, 2.05) is 42.5 Å². The summed E-state index contributed by atoms with van der Waals surface area (Å²) in [7, 11) is 0. The standard InChI is InChI=1S/C16H13Cl2N3/c17-11-6-5-9(7-12(11)18)10-8-15(10)21-16-19-13-3-1-2-4-14(13)20-16/h1-7,10,15H,8H2,(H2,19,20,21)/t10-,15+/m0/s1. The Morgan fingerprint density at radius 2 is 1.95 bits per heavy atom. The summed E-state index contributed by atoms with van der Waals surface area (Å²) < 4.78 is 0. The molecule has 1 aliphatic carbocycles. The third kappa shape index (κ3) is 2.47. The first-order valence-electron chi connectivity index (χ1n) is 6.87. The Kier molecular flexibility index (Phi) is 3.05. The van der Waals surface area contributed by atoms with Gasteiger partial charge in [0.15, 0.2) is 0 Å². The molecule has 1 aliphatic rings. The number of nitrogens with one attached hydrogen (secondary N) is 2. The monoisotopic (exact) mass is 317 g/mol. The van der Waals surface area contributed by atoms with Gasteiger partial charge >= 0.3 is 0 Å². The minimum atomic E-state index is 0.391. The second-order valence-electron chi connectivity index (χ2n) is 5.37. The zero-order chi connectivity index (χ0) is 14.4. The van der Waals surface area contributed by atoms with Gasteiger partial charge in [-0.05, 0) is 36.2 Å². The molecule has 0 amide bonds. The molecule has 0 bridgehead atoms. The Labute approximate surface area is 132 Å². The minimum Gasteiger partial charge on any atom is -0.352 e. The van der Waals surface area contributed by atoms with Crippen molar-refractivity contribution in [1.29, 1.82) is 0 Å². The maximum atomic E-state index is 6.08. The van der Waals surface area contributed by atoms with Gasteiger partial charge in [0.25, 0.3) is 0 Å². The summed E-state index contributed by atoms with van der Waals surface area (Å²) in [6.45, 7) is 0. The van der Waals surface area contributed by atoms with E-state index in [4.69, 9.17) is 23.2 Å². The molecule has 2 aromatic carbocycles. The molecule has 2 atom stereocenters. The van der Waals surface area contributed by atoms with Gasteiger partial charge in [-0.15, -0.1) is 0 Å². The van der Waals surface area contributed by atoms with Gasteiger partial charge in [0, 0.05) is 12.0 Å². The zero-order valence-corrected chi connectivity index (χ0v) is 12.6. The molecule has 3 aromatic rings. The number of hydrogen-bond donors (Lipinski definition) is 2. The average molecular weight is 318 g/mol. The van der Waals surface area contributed by atoms with Crippen molar-refractivity contribution in [1.82, 2.24) is 9.97 Å². The maximum absolute atomic E-state index is 6.08. The lowest BCUT2D eigenvalue weighted by Crippen LogP contribution is -2.05. The van der Waals surface area contributed by atoms with Crippen molar-refractivity contribution in [3.8, 4) is 0 Å². The Bertz CT molecular complexity index is 779. The van der Waals surface area contributed by atoms with E-state index in [1.165, 1.54) is 5.56 Å². The molecule has 1 heterocycles. The number of aromatic amines is 1. The summed E-state index contributed by atoms with van der Waals surface area (Å²) >= 11 is 12.0. The van der Waals surface area contributed by atoms with Gasteiger partial charge in [0.2, 0.25) is 5.95 Å². The molecule has 2 N–H and O–H groups in total. The number of halogens is 2. The van der Waals surface area contributed by atoms with Crippen molar-refractivity contribution >= 4 is 40.2 Å². The highest BCUT2D eigenvalue weighted by atomic mass is 35.5. The number of imidazole rings is 1. The highest BCUT2D eigenvalue weighted by Gasteiger charge is 2.39. The molecule has 3 nitrogen and oxygen atoms in total. The van der Waals surface area contributed by atoms with Crippen LogP contribution in [0.15, 0.2) is 42.5 Å². The van der Waals surface area contributed by atoms with Crippen molar-refractivity contribution in [2.24, 2.45) is 0 Å². The Balaban J connectivity index is 1.50. The molecule has 0 unspecified atom stereocenters. The molecule has 1 fully saturated rings. The van der Waals surface area contributed by atoms with Gasteiger partial charge in [0.05, 0.1) is 21.1 Å². The largest absolute Gasteiger partial charge is 0.352 e. The second-order valence-corrected chi connectivity index (χ2v) is 6.18. The Morgan fingerprint density at radius 1 is 1.10 bits per heavy atom. The van der Waals surface area contributed by atoms with Crippen LogP contribution < -0.4 is 5.32 Å². The molecule has 0 radical (unpaired) electrons. The van der Waals surface area contributed by atoms with E-state index in [1.54, 1.807) is 0 Å². The van der Waals surface area contributed by atoms with Crippen LogP contribution in [0.1, 0.15) is 17.9 Å². The van der Waals surface area contributed by atoms with E-state index in [0.29, 0.717) is 22.0 Å². The SMILES string of the molecule is Clc1ccc([C@@H]2C[C@H]2Nc2nc3ccccc3[nH]2)cc1Cl. The summed E-state index contributed by atoms with van der Waals surface area (Å²) in [5.74, 6) is 1.29. The molecule has 1 saturated carbocycles. The molecule has 0 aliphatic heterocycles. The maximum Gasteiger partial charge on any atom is 0.201 e. The molecule has 4 rings (SSSR count). The molecule has 21 heavy (non-hydrogen) atoms. The zero-order valence-electron chi connectivity index (χ0n) is 11.1. The lowest BCUT2D eigenvalue weighted by atomic mass is 10.1. The molecule has 1 aromatic heterocycles. The van der Waals surface area contributed by atoms with Gasteiger partial charge in [-0.2, -0.15) is 0 Å². The first-order valence-corrected chi connectivity index (χ1v) is 7.62. The summed E-state index contributed by atoms with van der Waals surface area (Å²) in [6, 6.07) is 14.3. The van der Waals surface area contributed by atoms with Crippen molar-refractivity contribution in [2.75, 3.05) is 5.32 Å². The molecular formula is C16H13Cl2N3. The van der Waals surface area contributed by atoms with Gasteiger partial charge in [-0.25, -0.2) is 4.98 Å². The van der Waals surface area contributed by atoms with Crippen molar-refractivity contribution in [2.45, 2.75) is 18.4 Å². The number of fused-ring (bicyclic) bond motifs is 1. The minimum absolute atomic E-state index is 0.391. The van der Waals surface area contributed by atoms with E-state index < -0.39 is 0 Å². The molecule has 0 saturated heterocycles. The predicted octanol–water partition coefficient (Wildman–Crippen LogP) is 4.84. The van der Waals surface area contributed by atoms with Crippen LogP contribution in [-0.2, 0) is 0 Å². The summed E-state index contributed by atoms with van der Waals surface area (Å²) in [5.41, 5.74) is 3.25. The number of rotatable bonds is 3. The Hall–Kier alpha value is -1.71. The molecule has 106 valence electrons. The highest BCUT2D eigenvalue weighted by molar-refractivity contribution is 6.42. The quantitative estimate of drug-likeness (QED) is 0.725. The lowest BCUT2D eigenvalue weighted by Gasteiger charge is -2.04. The normalized spacial score (nSPS) is 20.7. The third-order valence-electron chi connectivity index (χ3n) is 3.87. The Morgan fingerprint density at radius 3 is 2.76 bits per heavy atom. The average Bonchev–Trinajstić information content (AvgIpc) is 3.10. The van der Waals surface area contributed by atoms with Crippen molar-refractivity contribution in [3.63, 3.8) is 0 Å². The second kappa shape index (κ2) is 4.93. The van der Waals surface area contributed by atoms with E-state index in [0.717, 1.165) is 23.4 Å². The van der Waals surface area contributed by atoms with Gasteiger partial charge < -0.3 is 10.3 Å². The first kappa shape index (κ1) is 13.0.